The summed E-state index contributed by atoms with van der Waals surface area (Å²) in [5, 5.41) is 3.35. The number of urea groups is 1. The predicted octanol–water partition coefficient (Wildman–Crippen LogP) is 0.990. The zero-order valence-electron chi connectivity index (χ0n) is 11.4. The van der Waals surface area contributed by atoms with Crippen LogP contribution in [0.15, 0.2) is 12.5 Å². The second kappa shape index (κ2) is 4.45. The van der Waals surface area contributed by atoms with Crippen molar-refractivity contribution in [1.29, 1.82) is 0 Å². The Kier molecular flexibility index (Phi) is 2.89. The fraction of sp³-hybridized carbons (Fsp3) is 0.615. The maximum Gasteiger partial charge on any atom is 0.326 e. The number of carbonyl (C=O) groups excluding carboxylic acids is 1. The predicted molar refractivity (Wildman–Crippen MR) is 71.9 cm³/mol. The number of amides is 2. The average molecular weight is 261 g/mol. The van der Waals surface area contributed by atoms with Gasteiger partial charge in [0.15, 0.2) is 0 Å². The molecule has 0 atom stereocenters. The molecule has 0 aromatic carbocycles. The molecule has 0 aliphatic carbocycles. The summed E-state index contributed by atoms with van der Waals surface area (Å²) in [6.07, 6.45) is 5.26. The summed E-state index contributed by atoms with van der Waals surface area (Å²) in [6.45, 7) is 4.70. The number of rotatable bonds is 1. The highest BCUT2D eigenvalue weighted by Gasteiger charge is 2.41. The van der Waals surface area contributed by atoms with Crippen LogP contribution in [0.4, 0.5) is 10.6 Å². The Morgan fingerprint density at radius 1 is 1.37 bits per heavy atom. The van der Waals surface area contributed by atoms with E-state index in [1.54, 1.807) is 11.9 Å². The van der Waals surface area contributed by atoms with Crippen molar-refractivity contribution in [2.24, 2.45) is 0 Å². The summed E-state index contributed by atoms with van der Waals surface area (Å²) >= 11 is 0. The van der Waals surface area contributed by atoms with Crippen LogP contribution in [0.1, 0.15) is 25.3 Å². The Hall–Kier alpha value is -1.69. The van der Waals surface area contributed by atoms with Crippen molar-refractivity contribution in [3.63, 3.8) is 0 Å². The van der Waals surface area contributed by atoms with Gasteiger partial charge in [-0.25, -0.2) is 14.8 Å². The Morgan fingerprint density at radius 2 is 2.11 bits per heavy atom. The van der Waals surface area contributed by atoms with Gasteiger partial charge in [0, 0.05) is 24.3 Å². The normalized spacial score (nSPS) is 22.3. The summed E-state index contributed by atoms with van der Waals surface area (Å²) in [4.78, 5) is 24.4. The molecule has 1 aromatic heterocycles. The van der Waals surface area contributed by atoms with Gasteiger partial charge < -0.3 is 10.2 Å². The summed E-state index contributed by atoms with van der Waals surface area (Å²) in [6, 6.07) is 0.0376. The zero-order chi connectivity index (χ0) is 13.5. The van der Waals surface area contributed by atoms with Crippen molar-refractivity contribution in [2.75, 3.05) is 25.0 Å². The molecule has 0 saturated carbocycles. The van der Waals surface area contributed by atoms with Crippen LogP contribution in [0.5, 0.6) is 0 Å². The molecule has 1 fully saturated rings. The highest BCUT2D eigenvalue weighted by atomic mass is 16.2. The molecule has 6 heteroatoms. The van der Waals surface area contributed by atoms with Crippen molar-refractivity contribution in [1.82, 2.24) is 20.2 Å². The zero-order valence-corrected chi connectivity index (χ0v) is 11.4. The van der Waals surface area contributed by atoms with Crippen molar-refractivity contribution in [2.45, 2.75) is 31.8 Å². The number of nitrogens with zero attached hydrogens (tertiary/aromatic N) is 4. The van der Waals surface area contributed by atoms with Crippen LogP contribution >= 0.6 is 0 Å². The van der Waals surface area contributed by atoms with Crippen molar-refractivity contribution in [3.05, 3.63) is 18.1 Å². The number of hydrogen-bond donors (Lipinski definition) is 1. The van der Waals surface area contributed by atoms with Gasteiger partial charge >= 0.3 is 6.03 Å². The first-order chi connectivity index (χ1) is 9.12. The second-order valence-electron chi connectivity index (χ2n) is 5.55. The van der Waals surface area contributed by atoms with Crippen molar-refractivity contribution >= 4 is 11.8 Å². The van der Waals surface area contributed by atoms with Gasteiger partial charge in [0.05, 0.1) is 6.54 Å². The molecule has 1 saturated heterocycles. The molecule has 0 spiro atoms. The van der Waals surface area contributed by atoms with E-state index in [1.165, 1.54) is 6.33 Å². The third-order valence-electron chi connectivity index (χ3n) is 4.26. The summed E-state index contributed by atoms with van der Waals surface area (Å²) in [7, 11) is 1.78. The third kappa shape index (κ3) is 1.96. The maximum absolute atomic E-state index is 12.6. The summed E-state index contributed by atoms with van der Waals surface area (Å²) in [5.74, 6) is 0.730. The van der Waals surface area contributed by atoms with Gasteiger partial charge in [0.2, 0.25) is 0 Å². The topological polar surface area (TPSA) is 61.4 Å². The number of nitrogens with one attached hydrogen (secondary N) is 1. The van der Waals surface area contributed by atoms with Gasteiger partial charge in [-0.2, -0.15) is 0 Å². The molecule has 19 heavy (non-hydrogen) atoms. The molecule has 6 nitrogen and oxygen atoms in total. The molecule has 2 aliphatic heterocycles. The minimum atomic E-state index is -0.0792. The second-order valence-corrected chi connectivity index (χ2v) is 5.55. The minimum absolute atomic E-state index is 0.0376. The number of piperidine rings is 1. The third-order valence-corrected chi connectivity index (χ3v) is 4.26. The van der Waals surface area contributed by atoms with E-state index in [1.807, 2.05) is 11.1 Å². The van der Waals surface area contributed by atoms with E-state index in [0.29, 0.717) is 6.54 Å². The molecule has 0 radical (unpaired) electrons. The van der Waals surface area contributed by atoms with Crippen LogP contribution in [0.2, 0.25) is 0 Å². The first kappa shape index (κ1) is 12.3. The molecule has 0 unspecified atom stereocenters. The first-order valence-electron chi connectivity index (χ1n) is 6.67. The molecule has 3 rings (SSSR count). The van der Waals surface area contributed by atoms with E-state index in [-0.39, 0.29) is 11.6 Å². The molecule has 2 aliphatic rings. The van der Waals surface area contributed by atoms with Crippen LogP contribution in [0, 0.1) is 0 Å². The lowest BCUT2D eigenvalue weighted by Gasteiger charge is -2.47. The number of anilines is 1. The Bertz CT molecular complexity index is 498. The lowest BCUT2D eigenvalue weighted by atomic mass is 9.88. The van der Waals surface area contributed by atoms with Crippen molar-refractivity contribution in [3.8, 4) is 0 Å². The Balaban J connectivity index is 1.94. The molecular weight excluding hydrogens is 242 g/mol. The molecule has 0 bridgehead atoms. The lowest BCUT2D eigenvalue weighted by molar-refractivity contribution is 0.0926. The first-order valence-corrected chi connectivity index (χ1v) is 6.67. The van der Waals surface area contributed by atoms with Gasteiger partial charge in [0.25, 0.3) is 0 Å². The largest absolute Gasteiger partial charge is 0.326 e. The van der Waals surface area contributed by atoms with Gasteiger partial charge in [-0.1, -0.05) is 0 Å². The van der Waals surface area contributed by atoms with Gasteiger partial charge in [-0.05, 0) is 32.9 Å². The Morgan fingerprint density at radius 3 is 2.84 bits per heavy atom. The van der Waals surface area contributed by atoms with Gasteiger partial charge in [-0.3, -0.25) is 4.90 Å². The van der Waals surface area contributed by atoms with E-state index in [4.69, 9.17) is 0 Å². The van der Waals surface area contributed by atoms with Crippen LogP contribution in [-0.4, -0.2) is 46.6 Å². The molecule has 3 heterocycles. The average Bonchev–Trinajstić information content (AvgIpc) is 2.43. The molecule has 102 valence electrons. The van der Waals surface area contributed by atoms with Gasteiger partial charge in [-0.15, -0.1) is 0 Å². The maximum atomic E-state index is 12.6. The van der Waals surface area contributed by atoms with Crippen molar-refractivity contribution < 1.29 is 4.79 Å². The highest BCUT2D eigenvalue weighted by Crippen LogP contribution is 2.33. The van der Waals surface area contributed by atoms with Crippen LogP contribution in [0.25, 0.3) is 0 Å². The monoisotopic (exact) mass is 261 g/mol. The SMILES string of the molecule is CN1C(=O)N(C2(C)CCNCC2)Cc2cncnc21. The number of fused-ring (bicyclic) bond motifs is 1. The fourth-order valence-electron chi connectivity index (χ4n) is 2.93. The molecule has 2 amide bonds. The van der Waals surface area contributed by atoms with E-state index in [9.17, 15) is 4.79 Å². The quantitative estimate of drug-likeness (QED) is 0.819. The smallest absolute Gasteiger partial charge is 0.317 e. The van der Waals surface area contributed by atoms with E-state index in [2.05, 4.69) is 22.2 Å². The lowest BCUT2D eigenvalue weighted by Crippen LogP contribution is -2.59. The van der Waals surface area contributed by atoms with Crippen LogP contribution in [-0.2, 0) is 6.54 Å². The van der Waals surface area contributed by atoms with E-state index < -0.39 is 0 Å². The summed E-state index contributed by atoms with van der Waals surface area (Å²) in [5.41, 5.74) is 0.939. The van der Waals surface area contributed by atoms with Gasteiger partial charge in [0.1, 0.15) is 12.1 Å². The molecule has 1 N–H and O–H groups in total. The number of aromatic nitrogens is 2. The fourth-order valence-corrected chi connectivity index (χ4v) is 2.93. The standard InChI is InChI=1S/C13H19N5O/c1-13(3-5-14-6-4-13)18-8-10-7-15-9-16-11(10)17(2)12(18)19/h7,9,14H,3-6,8H2,1-2H3. The van der Waals surface area contributed by atoms with E-state index >= 15 is 0 Å². The summed E-state index contributed by atoms with van der Waals surface area (Å²) < 4.78 is 0. The Labute approximate surface area is 112 Å². The molecule has 1 aromatic rings. The highest BCUT2D eigenvalue weighted by molar-refractivity contribution is 5.93. The number of hydrogen-bond acceptors (Lipinski definition) is 4. The minimum Gasteiger partial charge on any atom is -0.317 e. The number of carbonyl (C=O) groups is 1. The van der Waals surface area contributed by atoms with E-state index in [0.717, 1.165) is 37.3 Å². The van der Waals surface area contributed by atoms with Crippen LogP contribution in [0.3, 0.4) is 0 Å². The van der Waals surface area contributed by atoms with Crippen LogP contribution < -0.4 is 10.2 Å². The molecular formula is C13H19N5O.